The second-order valence-corrected chi connectivity index (χ2v) is 6.89. The van der Waals surface area contributed by atoms with Gasteiger partial charge in [0.05, 0.1) is 21.3 Å². The summed E-state index contributed by atoms with van der Waals surface area (Å²) in [5, 5.41) is 12.9. The van der Waals surface area contributed by atoms with E-state index >= 15 is 0 Å². The summed E-state index contributed by atoms with van der Waals surface area (Å²) in [6.07, 6.45) is 0.160. The summed E-state index contributed by atoms with van der Waals surface area (Å²) in [4.78, 5) is 24.9. The maximum atomic E-state index is 12.8. The second-order valence-electron chi connectivity index (χ2n) is 6.46. The van der Waals surface area contributed by atoms with Crippen molar-refractivity contribution in [2.24, 2.45) is 5.41 Å². The molecule has 0 spiro atoms. The average molecular weight is 406 g/mol. The van der Waals surface area contributed by atoms with Crippen molar-refractivity contribution >= 4 is 29.2 Å². The first kappa shape index (κ1) is 19.8. The van der Waals surface area contributed by atoms with Gasteiger partial charge in [-0.3, -0.25) is 9.59 Å². The molecular formula is C20H20ClNO6. The predicted octanol–water partition coefficient (Wildman–Crippen LogP) is 3.56. The minimum atomic E-state index is -1.58. The zero-order chi connectivity index (χ0) is 20.5. The summed E-state index contributed by atoms with van der Waals surface area (Å²) in [7, 11) is 4.44. The molecule has 2 unspecified atom stereocenters. The van der Waals surface area contributed by atoms with Crippen LogP contribution in [0.1, 0.15) is 17.9 Å². The summed E-state index contributed by atoms with van der Waals surface area (Å²) in [6, 6.07) is 9.89. The van der Waals surface area contributed by atoms with Gasteiger partial charge < -0.3 is 24.6 Å². The van der Waals surface area contributed by atoms with Crippen LogP contribution in [0.5, 0.6) is 17.2 Å². The summed E-state index contributed by atoms with van der Waals surface area (Å²) in [5.74, 6) is -1.11. The third-order valence-corrected chi connectivity index (χ3v) is 5.15. The Labute approximate surface area is 167 Å². The van der Waals surface area contributed by atoms with Gasteiger partial charge in [-0.1, -0.05) is 17.7 Å². The van der Waals surface area contributed by atoms with Crippen molar-refractivity contribution < 1.29 is 28.9 Å². The van der Waals surface area contributed by atoms with Gasteiger partial charge in [0, 0.05) is 16.6 Å². The molecule has 0 aromatic heterocycles. The van der Waals surface area contributed by atoms with E-state index in [4.69, 9.17) is 25.8 Å². The van der Waals surface area contributed by atoms with Crippen LogP contribution < -0.4 is 19.5 Å². The van der Waals surface area contributed by atoms with Gasteiger partial charge in [0.25, 0.3) is 0 Å². The van der Waals surface area contributed by atoms with E-state index in [0.717, 1.165) is 0 Å². The highest BCUT2D eigenvalue weighted by molar-refractivity contribution is 6.31. The fourth-order valence-electron chi connectivity index (χ4n) is 3.36. The number of aliphatic carboxylic acids is 1. The molecule has 1 aliphatic carbocycles. The van der Waals surface area contributed by atoms with Crippen molar-refractivity contribution in [1.29, 1.82) is 0 Å². The first-order valence-corrected chi connectivity index (χ1v) is 8.85. The molecule has 1 fully saturated rings. The van der Waals surface area contributed by atoms with Crippen molar-refractivity contribution in [2.45, 2.75) is 12.3 Å². The van der Waals surface area contributed by atoms with Gasteiger partial charge in [0.15, 0.2) is 16.9 Å². The maximum Gasteiger partial charge on any atom is 0.319 e. The van der Waals surface area contributed by atoms with Crippen LogP contribution in [0.3, 0.4) is 0 Å². The lowest BCUT2D eigenvalue weighted by molar-refractivity contribution is -0.147. The van der Waals surface area contributed by atoms with E-state index < -0.39 is 23.2 Å². The SMILES string of the molecule is COc1cc(C2CC2(C(=O)O)C(=O)Nc2cccc(Cl)c2)cc(OC)c1OC. The Bertz CT molecular complexity index is 906. The molecule has 148 valence electrons. The number of carboxylic acids is 1. The molecule has 2 aromatic rings. The number of methoxy groups -OCH3 is 3. The zero-order valence-electron chi connectivity index (χ0n) is 15.6. The smallest absolute Gasteiger partial charge is 0.319 e. The van der Waals surface area contributed by atoms with Gasteiger partial charge in [-0.25, -0.2) is 0 Å². The van der Waals surface area contributed by atoms with Crippen molar-refractivity contribution in [3.8, 4) is 17.2 Å². The Morgan fingerprint density at radius 2 is 1.75 bits per heavy atom. The van der Waals surface area contributed by atoms with Crippen molar-refractivity contribution in [2.75, 3.05) is 26.6 Å². The van der Waals surface area contributed by atoms with Crippen LogP contribution in [0.4, 0.5) is 5.69 Å². The lowest BCUT2D eigenvalue weighted by atomic mass is 9.97. The normalized spacial score (nSPS) is 20.2. The Morgan fingerprint density at radius 3 is 2.25 bits per heavy atom. The molecule has 0 aliphatic heterocycles. The number of anilines is 1. The maximum absolute atomic E-state index is 12.8. The van der Waals surface area contributed by atoms with Gasteiger partial charge in [-0.15, -0.1) is 0 Å². The molecule has 1 aliphatic rings. The molecule has 0 heterocycles. The summed E-state index contributed by atoms with van der Waals surface area (Å²) >= 11 is 5.93. The molecular weight excluding hydrogens is 386 g/mol. The van der Waals surface area contributed by atoms with Gasteiger partial charge in [-0.05, 0) is 42.3 Å². The molecule has 0 radical (unpaired) electrons. The van der Waals surface area contributed by atoms with E-state index in [0.29, 0.717) is 33.5 Å². The number of ether oxygens (including phenoxy) is 3. The van der Waals surface area contributed by atoms with Crippen LogP contribution in [0.2, 0.25) is 5.02 Å². The summed E-state index contributed by atoms with van der Waals surface area (Å²) in [5.41, 5.74) is -0.515. The molecule has 2 atom stereocenters. The number of nitrogens with one attached hydrogen (secondary N) is 1. The number of amides is 1. The number of carbonyl (C=O) groups is 2. The van der Waals surface area contributed by atoms with E-state index in [2.05, 4.69) is 5.32 Å². The Balaban J connectivity index is 1.94. The highest BCUT2D eigenvalue weighted by Crippen LogP contribution is 2.61. The molecule has 2 N–H and O–H groups in total. The van der Waals surface area contributed by atoms with Crippen molar-refractivity contribution in [3.63, 3.8) is 0 Å². The Hall–Kier alpha value is -2.93. The first-order valence-electron chi connectivity index (χ1n) is 8.47. The topological polar surface area (TPSA) is 94.1 Å². The van der Waals surface area contributed by atoms with Crippen LogP contribution in [0.15, 0.2) is 36.4 Å². The average Bonchev–Trinajstić information content (AvgIpc) is 3.44. The Morgan fingerprint density at radius 1 is 1.11 bits per heavy atom. The molecule has 0 bridgehead atoms. The van der Waals surface area contributed by atoms with Gasteiger partial charge in [0.2, 0.25) is 11.7 Å². The Kier molecular flexibility index (Phi) is 5.38. The monoisotopic (exact) mass is 405 g/mol. The third kappa shape index (κ3) is 3.33. The summed E-state index contributed by atoms with van der Waals surface area (Å²) < 4.78 is 15.9. The standard InChI is InChI=1S/C20H20ClNO6/c1-26-15-7-11(8-16(27-2)17(15)28-3)14-10-20(14,19(24)25)18(23)22-13-6-4-5-12(21)9-13/h4-9,14H,10H2,1-3H3,(H,22,23)(H,24,25). The molecule has 2 aromatic carbocycles. The molecule has 3 rings (SSSR count). The van der Waals surface area contributed by atoms with Gasteiger partial charge in [0.1, 0.15) is 0 Å². The number of benzene rings is 2. The van der Waals surface area contributed by atoms with Crippen LogP contribution in [-0.4, -0.2) is 38.3 Å². The largest absolute Gasteiger partial charge is 0.493 e. The van der Waals surface area contributed by atoms with Crippen LogP contribution in [0, 0.1) is 5.41 Å². The van der Waals surface area contributed by atoms with E-state index in [1.165, 1.54) is 21.3 Å². The number of halogens is 1. The first-order chi connectivity index (χ1) is 13.4. The fourth-order valence-corrected chi connectivity index (χ4v) is 3.55. The van der Waals surface area contributed by atoms with Gasteiger partial charge >= 0.3 is 5.97 Å². The fraction of sp³-hybridized carbons (Fsp3) is 0.300. The third-order valence-electron chi connectivity index (χ3n) is 4.92. The predicted molar refractivity (Wildman–Crippen MR) is 104 cm³/mol. The van der Waals surface area contributed by atoms with Crippen molar-refractivity contribution in [3.05, 3.63) is 47.0 Å². The van der Waals surface area contributed by atoms with E-state index in [9.17, 15) is 14.7 Å². The second kappa shape index (κ2) is 7.59. The number of carboxylic acid groups (broad SMARTS) is 1. The molecule has 1 amide bonds. The molecule has 0 saturated heterocycles. The minimum Gasteiger partial charge on any atom is -0.493 e. The van der Waals surface area contributed by atoms with Crippen LogP contribution in [-0.2, 0) is 9.59 Å². The van der Waals surface area contributed by atoms with Crippen molar-refractivity contribution in [1.82, 2.24) is 0 Å². The van der Waals surface area contributed by atoms with Gasteiger partial charge in [-0.2, -0.15) is 0 Å². The summed E-state index contributed by atoms with van der Waals surface area (Å²) in [6.45, 7) is 0. The molecule has 7 nitrogen and oxygen atoms in total. The van der Waals surface area contributed by atoms with Crippen LogP contribution >= 0.6 is 11.6 Å². The zero-order valence-corrected chi connectivity index (χ0v) is 16.4. The number of hydrogen-bond donors (Lipinski definition) is 2. The number of rotatable bonds is 7. The minimum absolute atomic E-state index is 0.160. The van der Waals surface area contributed by atoms with Crippen LogP contribution in [0.25, 0.3) is 0 Å². The number of hydrogen-bond acceptors (Lipinski definition) is 5. The molecule has 28 heavy (non-hydrogen) atoms. The van der Waals surface area contributed by atoms with E-state index in [-0.39, 0.29) is 6.42 Å². The molecule has 8 heteroatoms. The molecule has 1 saturated carbocycles. The highest BCUT2D eigenvalue weighted by Gasteiger charge is 2.67. The number of carbonyl (C=O) groups excluding carboxylic acids is 1. The highest BCUT2D eigenvalue weighted by atomic mass is 35.5. The lowest BCUT2D eigenvalue weighted by Gasteiger charge is -2.16. The quantitative estimate of drug-likeness (QED) is 0.684. The van der Waals surface area contributed by atoms with E-state index in [1.54, 1.807) is 36.4 Å². The van der Waals surface area contributed by atoms with E-state index in [1.807, 2.05) is 0 Å². The lowest BCUT2D eigenvalue weighted by Crippen LogP contribution is -2.33.